The monoisotopic (exact) mass is 227 g/mol. The molecule has 0 aliphatic heterocycles. The summed E-state index contributed by atoms with van der Waals surface area (Å²) >= 11 is 0.0473. The summed E-state index contributed by atoms with van der Waals surface area (Å²) < 4.78 is 35.2. The Morgan fingerprint density at radius 3 is 2.43 bits per heavy atom. The maximum atomic E-state index is 11.7. The van der Waals surface area contributed by atoms with Gasteiger partial charge < -0.3 is 5.32 Å². The van der Waals surface area contributed by atoms with Crippen molar-refractivity contribution >= 4 is 11.8 Å². The molecule has 1 nitrogen and oxygen atoms in total. The van der Waals surface area contributed by atoms with E-state index in [0.29, 0.717) is 12.0 Å². The van der Waals surface area contributed by atoms with E-state index in [0.717, 1.165) is 6.54 Å². The summed E-state index contributed by atoms with van der Waals surface area (Å²) in [7, 11) is 0. The van der Waals surface area contributed by atoms with Crippen molar-refractivity contribution in [3.63, 3.8) is 0 Å². The number of hydrogen-bond donors (Lipinski definition) is 1. The maximum absolute atomic E-state index is 11.7. The van der Waals surface area contributed by atoms with Crippen LogP contribution in [-0.2, 0) is 0 Å². The van der Waals surface area contributed by atoms with E-state index in [1.54, 1.807) is 0 Å². The first-order valence-corrected chi connectivity index (χ1v) is 5.81. The minimum atomic E-state index is -4.08. The largest absolute Gasteiger partial charge is 0.441 e. The molecule has 0 spiro atoms. The molecule has 5 heteroatoms. The number of halogens is 3. The smallest absolute Gasteiger partial charge is 0.315 e. The highest BCUT2D eigenvalue weighted by molar-refractivity contribution is 8.00. The van der Waals surface area contributed by atoms with Crippen LogP contribution in [0.3, 0.4) is 0 Å². The van der Waals surface area contributed by atoms with Gasteiger partial charge in [-0.15, -0.1) is 0 Å². The minimum Gasteiger partial charge on any atom is -0.315 e. The number of nitrogens with one attached hydrogen (secondary N) is 1. The van der Waals surface area contributed by atoms with Crippen molar-refractivity contribution in [3.8, 4) is 0 Å². The average Bonchev–Trinajstić information content (AvgIpc) is 1.98. The van der Waals surface area contributed by atoms with Gasteiger partial charge >= 0.3 is 5.51 Å². The molecule has 1 aliphatic carbocycles. The zero-order valence-electron chi connectivity index (χ0n) is 8.28. The molecule has 0 unspecified atom stereocenters. The Kier molecular flexibility index (Phi) is 4.13. The van der Waals surface area contributed by atoms with Crippen LogP contribution in [0.2, 0.25) is 0 Å². The first-order valence-electron chi connectivity index (χ1n) is 4.83. The van der Waals surface area contributed by atoms with E-state index in [-0.39, 0.29) is 17.5 Å². The van der Waals surface area contributed by atoms with Crippen molar-refractivity contribution in [1.29, 1.82) is 0 Å². The summed E-state index contributed by atoms with van der Waals surface area (Å²) in [6.07, 6.45) is 3.66. The van der Waals surface area contributed by atoms with Gasteiger partial charge in [-0.25, -0.2) is 0 Å². The lowest BCUT2D eigenvalue weighted by Crippen LogP contribution is -2.38. The van der Waals surface area contributed by atoms with E-state index in [2.05, 4.69) is 12.2 Å². The third-order valence-corrected chi connectivity index (χ3v) is 3.39. The highest BCUT2D eigenvalue weighted by Crippen LogP contribution is 2.39. The fourth-order valence-corrected chi connectivity index (χ4v) is 2.06. The van der Waals surface area contributed by atoms with Gasteiger partial charge in [0.25, 0.3) is 0 Å². The molecular formula is C9H16F3NS. The predicted octanol–water partition coefficient (Wildman–Crippen LogP) is 3.02. The molecule has 0 saturated heterocycles. The van der Waals surface area contributed by atoms with Gasteiger partial charge in [-0.05, 0) is 30.0 Å². The Balaban J connectivity index is 1.94. The Bertz CT molecular complexity index is 177. The number of rotatable bonds is 5. The molecule has 0 aromatic rings. The highest BCUT2D eigenvalue weighted by Gasteiger charge is 2.31. The van der Waals surface area contributed by atoms with Crippen molar-refractivity contribution in [2.24, 2.45) is 5.41 Å². The Morgan fingerprint density at radius 2 is 2.00 bits per heavy atom. The van der Waals surface area contributed by atoms with E-state index in [1.165, 1.54) is 19.3 Å². The van der Waals surface area contributed by atoms with Gasteiger partial charge in [0.1, 0.15) is 0 Å². The van der Waals surface area contributed by atoms with Crippen molar-refractivity contribution in [3.05, 3.63) is 0 Å². The van der Waals surface area contributed by atoms with Gasteiger partial charge in [0.05, 0.1) is 0 Å². The second-order valence-corrected chi connectivity index (χ2v) is 5.30. The summed E-state index contributed by atoms with van der Waals surface area (Å²) in [6, 6.07) is 0. The van der Waals surface area contributed by atoms with Crippen molar-refractivity contribution in [2.75, 3.05) is 18.8 Å². The minimum absolute atomic E-state index is 0.0473. The first-order chi connectivity index (χ1) is 6.41. The number of alkyl halides is 3. The van der Waals surface area contributed by atoms with Crippen LogP contribution >= 0.6 is 11.8 Å². The topological polar surface area (TPSA) is 12.0 Å². The zero-order valence-corrected chi connectivity index (χ0v) is 9.10. The molecular weight excluding hydrogens is 211 g/mol. The molecule has 0 atom stereocenters. The zero-order chi connectivity index (χ0) is 10.7. The molecule has 1 N–H and O–H groups in total. The van der Waals surface area contributed by atoms with E-state index in [1.807, 2.05) is 0 Å². The van der Waals surface area contributed by atoms with Crippen LogP contribution in [0.1, 0.15) is 26.2 Å². The normalized spacial score (nSPS) is 20.6. The Morgan fingerprint density at radius 1 is 1.36 bits per heavy atom. The molecule has 1 rings (SSSR count). The van der Waals surface area contributed by atoms with Crippen LogP contribution in [0, 0.1) is 5.41 Å². The van der Waals surface area contributed by atoms with E-state index < -0.39 is 5.51 Å². The standard InChI is InChI=1S/C9H16F3NS/c1-8(3-2-4-8)7-13-5-6-14-9(10,11)12/h13H,2-7H2,1H3. The molecule has 1 saturated carbocycles. The van der Waals surface area contributed by atoms with Gasteiger partial charge in [-0.3, -0.25) is 0 Å². The van der Waals surface area contributed by atoms with E-state index >= 15 is 0 Å². The van der Waals surface area contributed by atoms with Gasteiger partial charge in [-0.2, -0.15) is 13.2 Å². The summed E-state index contributed by atoms with van der Waals surface area (Å²) in [4.78, 5) is 0. The molecule has 0 aromatic heterocycles. The van der Waals surface area contributed by atoms with Gasteiger partial charge in [0.2, 0.25) is 0 Å². The summed E-state index contributed by atoms with van der Waals surface area (Å²) in [5.41, 5.74) is -3.73. The Hall–Kier alpha value is 0.100. The number of hydrogen-bond acceptors (Lipinski definition) is 2. The van der Waals surface area contributed by atoms with Crippen molar-refractivity contribution in [1.82, 2.24) is 5.32 Å². The third kappa shape index (κ3) is 4.55. The van der Waals surface area contributed by atoms with Gasteiger partial charge in [0.15, 0.2) is 0 Å². The van der Waals surface area contributed by atoms with Gasteiger partial charge in [-0.1, -0.05) is 13.3 Å². The number of thioether (sulfide) groups is 1. The lowest BCUT2D eigenvalue weighted by Gasteiger charge is -2.38. The van der Waals surface area contributed by atoms with Crippen LogP contribution in [-0.4, -0.2) is 24.4 Å². The first kappa shape index (κ1) is 12.2. The van der Waals surface area contributed by atoms with Crippen LogP contribution in [0.15, 0.2) is 0 Å². The SMILES string of the molecule is CC1(CNCCSC(F)(F)F)CCC1. The summed E-state index contributed by atoms with van der Waals surface area (Å²) in [6.45, 7) is 3.48. The van der Waals surface area contributed by atoms with Crippen LogP contribution in [0.5, 0.6) is 0 Å². The second kappa shape index (κ2) is 4.75. The quantitative estimate of drug-likeness (QED) is 0.724. The molecule has 84 valence electrons. The fourth-order valence-electron chi connectivity index (χ4n) is 1.59. The lowest BCUT2D eigenvalue weighted by molar-refractivity contribution is -0.0327. The average molecular weight is 227 g/mol. The van der Waals surface area contributed by atoms with Crippen molar-refractivity contribution < 1.29 is 13.2 Å². The van der Waals surface area contributed by atoms with Crippen LogP contribution in [0.25, 0.3) is 0 Å². The Labute approximate surface area is 86.8 Å². The van der Waals surface area contributed by atoms with Gasteiger partial charge in [0, 0.05) is 18.8 Å². The van der Waals surface area contributed by atoms with Crippen molar-refractivity contribution in [2.45, 2.75) is 31.7 Å². The molecule has 0 heterocycles. The molecule has 1 fully saturated rings. The molecule has 1 aliphatic rings. The molecule has 0 amide bonds. The van der Waals surface area contributed by atoms with Crippen LogP contribution < -0.4 is 5.32 Å². The van der Waals surface area contributed by atoms with Crippen LogP contribution in [0.4, 0.5) is 13.2 Å². The second-order valence-electron chi connectivity index (χ2n) is 4.14. The predicted molar refractivity (Wildman–Crippen MR) is 53.3 cm³/mol. The molecule has 0 radical (unpaired) electrons. The highest BCUT2D eigenvalue weighted by atomic mass is 32.2. The molecule has 0 aromatic carbocycles. The lowest BCUT2D eigenvalue weighted by atomic mass is 9.70. The van der Waals surface area contributed by atoms with E-state index in [9.17, 15) is 13.2 Å². The fraction of sp³-hybridized carbons (Fsp3) is 1.00. The maximum Gasteiger partial charge on any atom is 0.441 e. The summed E-state index contributed by atoms with van der Waals surface area (Å²) in [5, 5.41) is 3.08. The molecule has 0 bridgehead atoms. The molecule has 14 heavy (non-hydrogen) atoms. The third-order valence-electron chi connectivity index (χ3n) is 2.66. The summed E-state index contributed by atoms with van der Waals surface area (Å²) in [5.74, 6) is 0.111. The van der Waals surface area contributed by atoms with E-state index in [4.69, 9.17) is 0 Å².